The Labute approximate surface area is 178 Å². The molecule has 0 saturated carbocycles. The number of benzene rings is 2. The highest BCUT2D eigenvalue weighted by Crippen LogP contribution is 2.25. The Hall–Kier alpha value is -1.55. The first kappa shape index (κ1) is 21.2. The predicted molar refractivity (Wildman–Crippen MR) is 117 cm³/mol. The zero-order valence-corrected chi connectivity index (χ0v) is 18.1. The van der Waals surface area contributed by atoms with Crippen molar-refractivity contribution in [1.29, 1.82) is 0 Å². The van der Waals surface area contributed by atoms with Crippen molar-refractivity contribution in [1.82, 2.24) is 10.2 Å². The molecule has 0 bridgehead atoms. The molecular formula is C23H28Cl2N2O. The molecule has 3 nitrogen and oxygen atoms in total. The van der Waals surface area contributed by atoms with E-state index in [1.54, 1.807) is 6.07 Å². The van der Waals surface area contributed by atoms with Crippen LogP contribution >= 0.6 is 23.2 Å². The van der Waals surface area contributed by atoms with E-state index in [9.17, 15) is 4.79 Å². The lowest BCUT2D eigenvalue weighted by Gasteiger charge is -2.34. The van der Waals surface area contributed by atoms with Crippen LogP contribution < -0.4 is 5.32 Å². The van der Waals surface area contributed by atoms with Crippen molar-refractivity contribution >= 4 is 29.1 Å². The number of carbonyl (C=O) groups is 1. The highest BCUT2D eigenvalue weighted by molar-refractivity contribution is 6.35. The summed E-state index contributed by atoms with van der Waals surface area (Å²) < 4.78 is 0. The minimum Gasteiger partial charge on any atom is -0.351 e. The molecule has 1 aliphatic rings. The second kappa shape index (κ2) is 9.30. The maximum Gasteiger partial charge on any atom is 0.223 e. The van der Waals surface area contributed by atoms with Crippen molar-refractivity contribution in [2.75, 3.05) is 13.1 Å². The number of hydrogen-bond donors (Lipinski definition) is 1. The monoisotopic (exact) mass is 418 g/mol. The molecule has 1 aliphatic heterocycles. The van der Waals surface area contributed by atoms with Gasteiger partial charge in [-0.05, 0) is 69.5 Å². The molecule has 1 saturated heterocycles. The van der Waals surface area contributed by atoms with Crippen molar-refractivity contribution in [3.8, 4) is 0 Å². The average molecular weight is 419 g/mol. The van der Waals surface area contributed by atoms with Crippen molar-refractivity contribution < 1.29 is 4.79 Å². The van der Waals surface area contributed by atoms with Gasteiger partial charge >= 0.3 is 0 Å². The van der Waals surface area contributed by atoms with Crippen molar-refractivity contribution in [3.05, 3.63) is 69.7 Å². The van der Waals surface area contributed by atoms with Crippen molar-refractivity contribution in [2.45, 2.75) is 45.2 Å². The molecule has 28 heavy (non-hydrogen) atoms. The minimum atomic E-state index is -0.258. The fourth-order valence-electron chi connectivity index (χ4n) is 3.83. The summed E-state index contributed by atoms with van der Waals surface area (Å²) in [5.41, 5.74) is 2.06. The Morgan fingerprint density at radius 2 is 1.79 bits per heavy atom. The Balaban J connectivity index is 1.49. The molecule has 0 radical (unpaired) electrons. The second-order valence-electron chi connectivity index (χ2n) is 8.32. The van der Waals surface area contributed by atoms with Gasteiger partial charge in [0.1, 0.15) is 0 Å². The summed E-state index contributed by atoms with van der Waals surface area (Å²) in [7, 11) is 0. The first-order valence-electron chi connectivity index (χ1n) is 9.85. The Bertz CT molecular complexity index is 800. The summed E-state index contributed by atoms with van der Waals surface area (Å²) in [5.74, 6) is 0.247. The molecule has 0 aromatic heterocycles. The van der Waals surface area contributed by atoms with E-state index in [1.807, 2.05) is 30.3 Å². The third-order valence-electron chi connectivity index (χ3n) is 5.32. The van der Waals surface area contributed by atoms with E-state index >= 15 is 0 Å². The van der Waals surface area contributed by atoms with Gasteiger partial charge in [-0.25, -0.2) is 0 Å². The smallest absolute Gasteiger partial charge is 0.223 e. The molecule has 2 aromatic carbocycles. The molecule has 150 valence electrons. The molecule has 0 unspecified atom stereocenters. The summed E-state index contributed by atoms with van der Waals surface area (Å²) in [5, 5.41) is 4.62. The predicted octanol–water partition coefficient (Wildman–Crippen LogP) is 5.34. The van der Waals surface area contributed by atoms with Crippen LogP contribution in [-0.4, -0.2) is 29.4 Å². The van der Waals surface area contributed by atoms with Crippen LogP contribution in [0.1, 0.15) is 37.8 Å². The Morgan fingerprint density at radius 3 is 2.43 bits per heavy atom. The van der Waals surface area contributed by atoms with Gasteiger partial charge in [0.05, 0.1) is 0 Å². The summed E-state index contributed by atoms with van der Waals surface area (Å²) in [6.45, 7) is 6.78. The number of nitrogens with zero attached hydrogens (tertiary/aromatic N) is 1. The summed E-state index contributed by atoms with van der Waals surface area (Å²) in [4.78, 5) is 15.2. The first-order chi connectivity index (χ1) is 13.3. The van der Waals surface area contributed by atoms with Crippen LogP contribution in [0.5, 0.6) is 0 Å². The van der Waals surface area contributed by atoms with Crippen LogP contribution in [0, 0.1) is 5.92 Å². The first-order valence-corrected chi connectivity index (χ1v) is 10.6. The summed E-state index contributed by atoms with van der Waals surface area (Å²) in [6.07, 6.45) is 2.57. The molecule has 2 aromatic rings. The molecule has 0 atom stereocenters. The molecule has 3 rings (SSSR count). The number of amides is 1. The Kier molecular flexibility index (Phi) is 7.03. The number of carbonyl (C=O) groups excluding carboxylic acids is 1. The van der Waals surface area contributed by atoms with Crippen LogP contribution in [0.4, 0.5) is 0 Å². The standard InChI is InChI=1S/C23H28Cl2N2O/c1-23(2,15-17-6-4-3-5-7-17)26-22(28)18-10-12-27(13-11-18)16-19-8-9-20(24)14-21(19)25/h3-9,14,18H,10-13,15-16H2,1-2H3,(H,26,28). The topological polar surface area (TPSA) is 32.3 Å². The van der Waals surface area contributed by atoms with Gasteiger partial charge in [-0.2, -0.15) is 0 Å². The molecule has 0 spiro atoms. The molecular weight excluding hydrogens is 391 g/mol. The Morgan fingerprint density at radius 1 is 1.11 bits per heavy atom. The largest absolute Gasteiger partial charge is 0.351 e. The molecule has 0 aliphatic carbocycles. The lowest BCUT2D eigenvalue weighted by Crippen LogP contribution is -2.49. The highest BCUT2D eigenvalue weighted by atomic mass is 35.5. The lowest BCUT2D eigenvalue weighted by molar-refractivity contribution is -0.128. The number of hydrogen-bond acceptors (Lipinski definition) is 2. The lowest BCUT2D eigenvalue weighted by atomic mass is 9.91. The van der Waals surface area contributed by atoms with Crippen LogP contribution in [0.3, 0.4) is 0 Å². The number of halogens is 2. The van der Waals surface area contributed by atoms with Crippen LogP contribution in [0.2, 0.25) is 10.0 Å². The van der Waals surface area contributed by atoms with Crippen LogP contribution in [0.25, 0.3) is 0 Å². The van der Waals surface area contributed by atoms with Gasteiger partial charge in [-0.3, -0.25) is 9.69 Å². The molecule has 1 N–H and O–H groups in total. The second-order valence-corrected chi connectivity index (χ2v) is 9.17. The highest BCUT2D eigenvalue weighted by Gasteiger charge is 2.29. The van der Waals surface area contributed by atoms with Gasteiger partial charge in [0, 0.05) is 28.0 Å². The van der Waals surface area contributed by atoms with Crippen LogP contribution in [-0.2, 0) is 17.8 Å². The normalized spacial score (nSPS) is 16.1. The van der Waals surface area contributed by atoms with Crippen molar-refractivity contribution in [3.63, 3.8) is 0 Å². The number of piperidine rings is 1. The fourth-order valence-corrected chi connectivity index (χ4v) is 4.30. The van der Waals surface area contributed by atoms with Gasteiger partial charge in [0.2, 0.25) is 5.91 Å². The third-order valence-corrected chi connectivity index (χ3v) is 5.90. The minimum absolute atomic E-state index is 0.0759. The van der Waals surface area contributed by atoms with E-state index in [4.69, 9.17) is 23.2 Å². The zero-order valence-electron chi connectivity index (χ0n) is 16.6. The fraction of sp³-hybridized carbons (Fsp3) is 0.435. The van der Waals surface area contributed by atoms with E-state index < -0.39 is 0 Å². The summed E-state index contributed by atoms with van der Waals surface area (Å²) in [6, 6.07) is 15.9. The van der Waals surface area contributed by atoms with Crippen molar-refractivity contribution in [2.24, 2.45) is 5.92 Å². The average Bonchev–Trinajstić information content (AvgIpc) is 2.64. The van der Waals surface area contributed by atoms with Gasteiger partial charge < -0.3 is 5.32 Å². The van der Waals surface area contributed by atoms with E-state index in [0.29, 0.717) is 10.0 Å². The quantitative estimate of drug-likeness (QED) is 0.685. The van der Waals surface area contributed by atoms with Gasteiger partial charge in [0.25, 0.3) is 0 Å². The zero-order chi connectivity index (χ0) is 20.1. The number of likely N-dealkylation sites (tertiary alicyclic amines) is 1. The molecule has 1 heterocycles. The van der Waals surface area contributed by atoms with Crippen LogP contribution in [0.15, 0.2) is 48.5 Å². The third kappa shape index (κ3) is 5.97. The van der Waals surface area contributed by atoms with Gasteiger partial charge in [0.15, 0.2) is 0 Å². The molecule has 1 fully saturated rings. The SMILES string of the molecule is CC(C)(Cc1ccccc1)NC(=O)C1CCN(Cc2ccc(Cl)cc2Cl)CC1. The van der Waals surface area contributed by atoms with E-state index in [1.165, 1.54) is 5.56 Å². The van der Waals surface area contributed by atoms with E-state index in [0.717, 1.165) is 44.5 Å². The summed E-state index contributed by atoms with van der Waals surface area (Å²) >= 11 is 12.3. The van der Waals surface area contributed by atoms with E-state index in [2.05, 4.69) is 36.2 Å². The molecule has 1 amide bonds. The van der Waals surface area contributed by atoms with E-state index in [-0.39, 0.29) is 17.4 Å². The number of nitrogens with one attached hydrogen (secondary N) is 1. The molecule has 5 heteroatoms. The van der Waals surface area contributed by atoms with Gasteiger partial charge in [-0.15, -0.1) is 0 Å². The maximum absolute atomic E-state index is 12.8. The number of rotatable bonds is 6. The maximum atomic E-state index is 12.8. The van der Waals surface area contributed by atoms with Gasteiger partial charge in [-0.1, -0.05) is 59.6 Å².